The highest BCUT2D eigenvalue weighted by Crippen LogP contribution is 2.45. The number of H-pyrrole nitrogens is 2. The largest absolute Gasteiger partial charge is 0.354 e. The van der Waals surface area contributed by atoms with Gasteiger partial charge in [0, 0.05) is 46.4 Å². The number of fused-ring (bicyclic) bond motifs is 8. The molecule has 2 aromatic carbocycles. The fraction of sp³-hybridized carbons (Fsp3) is 0.320. The molecule has 5 aromatic rings. The van der Waals surface area contributed by atoms with Crippen LogP contribution in [0.1, 0.15) is 113 Å². The number of hydrogen-bond acceptors (Lipinski definition) is 4. The fourth-order valence-corrected chi connectivity index (χ4v) is 9.11. The van der Waals surface area contributed by atoms with Crippen molar-refractivity contribution in [2.24, 2.45) is 0 Å². The minimum atomic E-state index is -0.259. The molecule has 10 nitrogen and oxygen atoms in total. The molecule has 0 atom stereocenters. The summed E-state index contributed by atoms with van der Waals surface area (Å²) in [5, 5.41) is 12.1. The van der Waals surface area contributed by atoms with Gasteiger partial charge in [-0.15, -0.1) is 0 Å². The van der Waals surface area contributed by atoms with Gasteiger partial charge in [0.15, 0.2) is 0 Å². The lowest BCUT2D eigenvalue weighted by Gasteiger charge is -2.14. The molecular formula is C50H58N8O2. The van der Waals surface area contributed by atoms with E-state index < -0.39 is 0 Å². The fourth-order valence-electron chi connectivity index (χ4n) is 9.11. The van der Waals surface area contributed by atoms with Crippen molar-refractivity contribution in [3.63, 3.8) is 0 Å². The van der Waals surface area contributed by atoms with Gasteiger partial charge < -0.3 is 31.2 Å². The predicted octanol–water partition coefficient (Wildman–Crippen LogP) is 12.4. The summed E-state index contributed by atoms with van der Waals surface area (Å²) >= 11 is 0. The molecule has 7 rings (SSSR count). The van der Waals surface area contributed by atoms with Crippen LogP contribution >= 0.6 is 0 Å². The third-order valence-corrected chi connectivity index (χ3v) is 12.0. The number of aromatic nitrogens is 4. The standard InChI is InChI=1S/C50H58N8O2/c1-11-31-27(7)45-43(35-21-17-19-23-37(35)57-49(59)51-15-5)46-29(9)33(13-3)41(55-46)26-42-34(14-4)30(10)48(56-42)44(36-22-18-20-24-38(36)58-50(60)52-16-6)47-28(8)32(12-2)40(54-47)25-39(31)53-45/h17-26,53,56H,11-16H2,1-10H3,(H2,51,57,59)(H2,52,58,60). The van der Waals surface area contributed by atoms with Gasteiger partial charge in [-0.1, -0.05) is 64.1 Å². The number of carbonyl (C=O) groups excluding carboxylic acids is 2. The Kier molecular flexibility index (Phi) is 12.1. The lowest BCUT2D eigenvalue weighted by atomic mass is 9.94. The van der Waals surface area contributed by atoms with Crippen LogP contribution in [0.4, 0.5) is 21.0 Å². The number of aryl methyl sites for hydroxylation is 4. The van der Waals surface area contributed by atoms with E-state index in [1.165, 1.54) is 11.1 Å². The number of benzene rings is 2. The summed E-state index contributed by atoms with van der Waals surface area (Å²) in [5.41, 5.74) is 21.6. The van der Waals surface area contributed by atoms with E-state index in [0.717, 1.165) is 126 Å². The molecule has 2 aliphatic heterocycles. The summed E-state index contributed by atoms with van der Waals surface area (Å²) < 4.78 is 0. The predicted molar refractivity (Wildman–Crippen MR) is 251 cm³/mol. The van der Waals surface area contributed by atoms with Crippen LogP contribution in [-0.2, 0) is 12.8 Å². The quantitative estimate of drug-likeness (QED) is 0.0836. The molecule has 3 aromatic heterocycles. The molecule has 60 heavy (non-hydrogen) atoms. The van der Waals surface area contributed by atoms with E-state index >= 15 is 0 Å². The average Bonchev–Trinajstić information content (AvgIpc) is 3.92. The van der Waals surface area contributed by atoms with Crippen molar-refractivity contribution >= 4 is 67.8 Å². The highest BCUT2D eigenvalue weighted by atomic mass is 16.2. The van der Waals surface area contributed by atoms with Gasteiger partial charge in [0.25, 0.3) is 0 Å². The number of nitrogens with zero attached hydrogens (tertiary/aromatic N) is 2. The summed E-state index contributed by atoms with van der Waals surface area (Å²) in [6.45, 7) is 22.3. The first kappa shape index (κ1) is 41.7. The molecule has 310 valence electrons. The number of rotatable bonds is 10. The van der Waals surface area contributed by atoms with Crippen LogP contribution < -0.4 is 21.3 Å². The molecule has 0 aliphatic carbocycles. The van der Waals surface area contributed by atoms with E-state index in [0.29, 0.717) is 24.5 Å². The Bertz CT molecular complexity index is 2580. The van der Waals surface area contributed by atoms with Crippen molar-refractivity contribution in [3.8, 4) is 22.3 Å². The zero-order valence-electron chi connectivity index (χ0n) is 36.7. The van der Waals surface area contributed by atoms with Gasteiger partial charge in [-0.3, -0.25) is 0 Å². The van der Waals surface area contributed by atoms with Crippen LogP contribution in [0, 0.1) is 13.8 Å². The van der Waals surface area contributed by atoms with E-state index in [1.807, 2.05) is 50.2 Å². The summed E-state index contributed by atoms with van der Waals surface area (Å²) in [4.78, 5) is 45.0. The number of aromatic amines is 2. The maximum Gasteiger partial charge on any atom is 0.319 e. The highest BCUT2D eigenvalue weighted by Gasteiger charge is 2.27. The second-order valence-corrected chi connectivity index (χ2v) is 15.4. The molecule has 10 heteroatoms. The molecule has 0 unspecified atom stereocenters. The zero-order chi connectivity index (χ0) is 42.8. The Morgan fingerprint density at radius 3 is 1.28 bits per heavy atom. The second kappa shape index (κ2) is 17.4. The molecule has 0 saturated heterocycles. The SMILES string of the molecule is CCNC(=O)Nc1ccccc1-c1c2nc(cc3[nH]c(c(C)c3CC)c(-c3ccccc3NC(=O)NCC)c3nc(cc4[nH]c1c(C)c4CC)C(CC)=C3C)C(CC)=C2C. The van der Waals surface area contributed by atoms with Gasteiger partial charge in [-0.2, -0.15) is 0 Å². The Morgan fingerprint density at radius 2 is 0.933 bits per heavy atom. The van der Waals surface area contributed by atoms with Crippen LogP contribution in [0.15, 0.2) is 60.7 Å². The van der Waals surface area contributed by atoms with Gasteiger partial charge in [0.05, 0.1) is 45.2 Å². The number of para-hydroxylation sites is 2. The third-order valence-electron chi connectivity index (χ3n) is 12.0. The Labute approximate surface area is 353 Å². The van der Waals surface area contributed by atoms with E-state index in [-0.39, 0.29) is 12.1 Å². The third kappa shape index (κ3) is 7.40. The first-order chi connectivity index (χ1) is 29.0. The van der Waals surface area contributed by atoms with Crippen molar-refractivity contribution in [1.29, 1.82) is 0 Å². The monoisotopic (exact) mass is 802 g/mol. The smallest absolute Gasteiger partial charge is 0.319 e. The number of carbonyl (C=O) groups is 2. The molecule has 0 saturated carbocycles. The molecule has 0 fully saturated rings. The second-order valence-electron chi connectivity index (χ2n) is 15.4. The first-order valence-electron chi connectivity index (χ1n) is 21.5. The van der Waals surface area contributed by atoms with Gasteiger partial charge in [-0.05, 0) is 136 Å². The Hall–Kier alpha value is -6.42. The van der Waals surface area contributed by atoms with E-state index in [9.17, 15) is 9.59 Å². The van der Waals surface area contributed by atoms with Gasteiger partial charge in [0.2, 0.25) is 0 Å². The number of allylic oxidation sites excluding steroid dienone is 4. The average molecular weight is 803 g/mol. The molecule has 5 heterocycles. The van der Waals surface area contributed by atoms with Crippen LogP contribution in [-0.4, -0.2) is 45.1 Å². The van der Waals surface area contributed by atoms with Crippen molar-refractivity contribution in [2.45, 2.75) is 94.9 Å². The maximum atomic E-state index is 13.1. The number of anilines is 2. The Balaban J connectivity index is 1.72. The molecule has 0 spiro atoms. The minimum Gasteiger partial charge on any atom is -0.354 e. The Morgan fingerprint density at radius 1 is 0.550 bits per heavy atom. The van der Waals surface area contributed by atoms with Crippen molar-refractivity contribution in [2.75, 3.05) is 23.7 Å². The summed E-state index contributed by atoms with van der Waals surface area (Å²) in [5.74, 6) is 0. The minimum absolute atomic E-state index is 0.259. The van der Waals surface area contributed by atoms with Crippen LogP contribution in [0.2, 0.25) is 0 Å². The summed E-state index contributed by atoms with van der Waals surface area (Å²) in [6, 6.07) is 19.9. The maximum absolute atomic E-state index is 13.1. The molecular weight excluding hydrogens is 745 g/mol. The van der Waals surface area contributed by atoms with Gasteiger partial charge in [-0.25, -0.2) is 19.6 Å². The number of urea groups is 2. The molecule has 6 N–H and O–H groups in total. The van der Waals surface area contributed by atoms with E-state index in [4.69, 9.17) is 9.97 Å². The number of amides is 4. The van der Waals surface area contributed by atoms with Crippen LogP contribution in [0.5, 0.6) is 0 Å². The number of nitrogens with one attached hydrogen (secondary N) is 6. The molecule has 4 amide bonds. The van der Waals surface area contributed by atoms with Crippen LogP contribution in [0.25, 0.3) is 66.6 Å². The lowest BCUT2D eigenvalue weighted by molar-refractivity contribution is 0.251. The van der Waals surface area contributed by atoms with Crippen molar-refractivity contribution in [1.82, 2.24) is 30.6 Å². The molecule has 0 radical (unpaired) electrons. The van der Waals surface area contributed by atoms with E-state index in [1.54, 1.807) is 0 Å². The van der Waals surface area contributed by atoms with Gasteiger partial charge >= 0.3 is 12.1 Å². The lowest BCUT2D eigenvalue weighted by Crippen LogP contribution is -2.28. The number of hydrogen-bond donors (Lipinski definition) is 6. The van der Waals surface area contributed by atoms with Gasteiger partial charge in [0.1, 0.15) is 0 Å². The van der Waals surface area contributed by atoms with E-state index in [2.05, 4.69) is 111 Å². The van der Waals surface area contributed by atoms with Crippen molar-refractivity contribution < 1.29 is 9.59 Å². The van der Waals surface area contributed by atoms with Crippen LogP contribution in [0.3, 0.4) is 0 Å². The molecule has 2 aliphatic rings. The molecule has 8 bridgehead atoms. The zero-order valence-corrected chi connectivity index (χ0v) is 36.7. The summed E-state index contributed by atoms with van der Waals surface area (Å²) in [7, 11) is 0. The summed E-state index contributed by atoms with van der Waals surface area (Å²) in [6.07, 6.45) is 3.15. The topological polar surface area (TPSA) is 140 Å². The first-order valence-corrected chi connectivity index (χ1v) is 21.5. The highest BCUT2D eigenvalue weighted by molar-refractivity contribution is 6.07. The van der Waals surface area contributed by atoms with Crippen molar-refractivity contribution in [3.05, 3.63) is 106 Å². The normalized spacial score (nSPS) is 12.6.